The summed E-state index contributed by atoms with van der Waals surface area (Å²) in [6, 6.07) is 14.3. The summed E-state index contributed by atoms with van der Waals surface area (Å²) in [5.74, 6) is 0.193. The third-order valence-electron chi connectivity index (χ3n) is 4.76. The Morgan fingerprint density at radius 1 is 1.11 bits per heavy atom. The van der Waals surface area contributed by atoms with Crippen molar-refractivity contribution in [2.75, 3.05) is 18.4 Å². The molecule has 1 saturated heterocycles. The van der Waals surface area contributed by atoms with E-state index < -0.39 is 6.10 Å². The number of rotatable bonds is 5. The monoisotopic (exact) mass is 420 g/mol. The number of carbonyl (C=O) groups excluding carboxylic acids is 2. The molecule has 0 bridgehead atoms. The Kier molecular flexibility index (Phi) is 6.81. The molecule has 1 heterocycles. The molecular formula is C21H22Cl2N2O3. The van der Waals surface area contributed by atoms with Gasteiger partial charge in [0.25, 0.3) is 5.91 Å². The van der Waals surface area contributed by atoms with E-state index in [2.05, 4.69) is 5.32 Å². The topological polar surface area (TPSA) is 58.6 Å². The van der Waals surface area contributed by atoms with Gasteiger partial charge in [-0.05, 0) is 50.1 Å². The second-order valence-corrected chi connectivity index (χ2v) is 7.63. The number of likely N-dealkylation sites (tertiary alicyclic amines) is 1. The number of nitrogens with one attached hydrogen (secondary N) is 1. The van der Waals surface area contributed by atoms with Crippen LogP contribution in [-0.2, 0) is 9.59 Å². The molecule has 2 amide bonds. The predicted octanol–water partition coefficient (Wildman–Crippen LogP) is 4.64. The van der Waals surface area contributed by atoms with Gasteiger partial charge in [0.2, 0.25) is 5.91 Å². The first-order valence-electron chi connectivity index (χ1n) is 9.20. The molecule has 2 aromatic carbocycles. The van der Waals surface area contributed by atoms with E-state index in [1.165, 1.54) is 0 Å². The number of halogens is 2. The fourth-order valence-corrected chi connectivity index (χ4v) is 3.65. The van der Waals surface area contributed by atoms with Gasteiger partial charge < -0.3 is 15.0 Å². The number of benzene rings is 2. The lowest BCUT2D eigenvalue weighted by atomic mass is 9.95. The first-order valence-corrected chi connectivity index (χ1v) is 9.96. The maximum absolute atomic E-state index is 12.7. The SMILES string of the molecule is C[C@@H](Oc1ccc(Cl)cc1Cl)C(=O)N1CCC(C(=O)Nc2ccccc2)CC1. The lowest BCUT2D eigenvalue weighted by molar-refractivity contribution is -0.140. The van der Waals surface area contributed by atoms with E-state index in [0.717, 1.165) is 5.69 Å². The fourth-order valence-electron chi connectivity index (χ4n) is 3.20. The van der Waals surface area contributed by atoms with Crippen molar-refractivity contribution in [2.24, 2.45) is 5.92 Å². The third-order valence-corrected chi connectivity index (χ3v) is 5.29. The van der Waals surface area contributed by atoms with Gasteiger partial charge in [0.15, 0.2) is 6.10 Å². The van der Waals surface area contributed by atoms with Gasteiger partial charge in [-0.3, -0.25) is 9.59 Å². The van der Waals surface area contributed by atoms with Crippen LogP contribution in [0.15, 0.2) is 48.5 Å². The molecule has 28 heavy (non-hydrogen) atoms. The predicted molar refractivity (Wildman–Crippen MR) is 111 cm³/mol. The van der Waals surface area contributed by atoms with Crippen molar-refractivity contribution < 1.29 is 14.3 Å². The number of hydrogen-bond acceptors (Lipinski definition) is 3. The summed E-state index contributed by atoms with van der Waals surface area (Å²) in [6.07, 6.45) is 0.575. The number of carbonyl (C=O) groups is 2. The highest BCUT2D eigenvalue weighted by Gasteiger charge is 2.30. The van der Waals surface area contributed by atoms with Crippen LogP contribution in [0.3, 0.4) is 0 Å². The molecule has 1 aliphatic rings. The standard InChI is InChI=1S/C21H22Cl2N2O3/c1-14(28-19-8-7-16(22)13-18(19)23)21(27)25-11-9-15(10-12-25)20(26)24-17-5-3-2-4-6-17/h2-8,13-15H,9-12H2,1H3,(H,24,26)/t14-/m1/s1. The van der Waals surface area contributed by atoms with Gasteiger partial charge in [-0.15, -0.1) is 0 Å². The molecule has 1 aliphatic heterocycles. The van der Waals surface area contributed by atoms with Crippen LogP contribution in [0.5, 0.6) is 5.75 Å². The van der Waals surface area contributed by atoms with Gasteiger partial charge in [0.1, 0.15) is 5.75 Å². The number of hydrogen-bond donors (Lipinski definition) is 1. The zero-order valence-electron chi connectivity index (χ0n) is 15.5. The molecule has 0 unspecified atom stereocenters. The fraction of sp³-hybridized carbons (Fsp3) is 0.333. The maximum atomic E-state index is 12.7. The van der Waals surface area contributed by atoms with Crippen molar-refractivity contribution in [3.63, 3.8) is 0 Å². The van der Waals surface area contributed by atoms with E-state index in [1.807, 2.05) is 30.3 Å². The third kappa shape index (κ3) is 5.18. The van der Waals surface area contributed by atoms with Crippen molar-refractivity contribution in [1.29, 1.82) is 0 Å². The van der Waals surface area contributed by atoms with Crippen LogP contribution in [0.2, 0.25) is 10.0 Å². The average Bonchev–Trinajstić information content (AvgIpc) is 2.70. The van der Waals surface area contributed by atoms with Gasteiger partial charge >= 0.3 is 0 Å². The Balaban J connectivity index is 1.51. The zero-order valence-corrected chi connectivity index (χ0v) is 17.0. The second-order valence-electron chi connectivity index (χ2n) is 6.79. The van der Waals surface area contributed by atoms with E-state index in [1.54, 1.807) is 30.0 Å². The first kappa shape index (κ1) is 20.5. The largest absolute Gasteiger partial charge is 0.479 e. The molecule has 0 saturated carbocycles. The maximum Gasteiger partial charge on any atom is 0.263 e. The summed E-state index contributed by atoms with van der Waals surface area (Å²) >= 11 is 12.0. The summed E-state index contributed by atoms with van der Waals surface area (Å²) in [5, 5.41) is 3.80. The Morgan fingerprint density at radius 2 is 1.79 bits per heavy atom. The number of amides is 2. The highest BCUT2D eigenvalue weighted by atomic mass is 35.5. The molecule has 2 aromatic rings. The summed E-state index contributed by atoms with van der Waals surface area (Å²) < 4.78 is 5.71. The van der Waals surface area contributed by atoms with Crippen LogP contribution < -0.4 is 10.1 Å². The molecule has 3 rings (SSSR count). The Hall–Kier alpha value is -2.24. The average molecular weight is 421 g/mol. The van der Waals surface area contributed by atoms with E-state index in [-0.39, 0.29) is 17.7 Å². The van der Waals surface area contributed by atoms with Gasteiger partial charge in [-0.1, -0.05) is 41.4 Å². The molecule has 0 aromatic heterocycles. The minimum Gasteiger partial charge on any atom is -0.479 e. The van der Waals surface area contributed by atoms with Crippen molar-refractivity contribution in [1.82, 2.24) is 4.90 Å². The molecule has 0 aliphatic carbocycles. The Labute approximate surface area is 174 Å². The molecule has 1 atom stereocenters. The minimum absolute atomic E-state index is 0.00413. The molecule has 1 N–H and O–H groups in total. The van der Waals surface area contributed by atoms with E-state index in [9.17, 15) is 9.59 Å². The van der Waals surface area contributed by atoms with Crippen LogP contribution in [0.4, 0.5) is 5.69 Å². The van der Waals surface area contributed by atoms with Crippen molar-refractivity contribution in [3.8, 4) is 5.75 Å². The minimum atomic E-state index is -0.673. The van der Waals surface area contributed by atoms with Crippen LogP contribution in [0.1, 0.15) is 19.8 Å². The molecule has 0 radical (unpaired) electrons. The zero-order chi connectivity index (χ0) is 20.1. The van der Waals surface area contributed by atoms with Crippen LogP contribution in [-0.4, -0.2) is 35.9 Å². The second kappa shape index (κ2) is 9.30. The summed E-state index contributed by atoms with van der Waals surface area (Å²) in [7, 11) is 0. The van der Waals surface area contributed by atoms with E-state index in [0.29, 0.717) is 41.7 Å². The smallest absolute Gasteiger partial charge is 0.263 e. The van der Waals surface area contributed by atoms with Crippen LogP contribution in [0, 0.1) is 5.92 Å². The number of ether oxygens (including phenoxy) is 1. The van der Waals surface area contributed by atoms with Crippen molar-refractivity contribution >= 4 is 40.7 Å². The Bertz CT molecular complexity index is 837. The lowest BCUT2D eigenvalue weighted by Gasteiger charge is -2.33. The number of para-hydroxylation sites is 1. The van der Waals surface area contributed by atoms with Gasteiger partial charge in [-0.25, -0.2) is 0 Å². The molecule has 1 fully saturated rings. The van der Waals surface area contributed by atoms with Crippen LogP contribution in [0.25, 0.3) is 0 Å². The highest BCUT2D eigenvalue weighted by molar-refractivity contribution is 6.35. The highest BCUT2D eigenvalue weighted by Crippen LogP contribution is 2.29. The molecule has 0 spiro atoms. The van der Waals surface area contributed by atoms with Crippen molar-refractivity contribution in [3.05, 3.63) is 58.6 Å². The van der Waals surface area contributed by atoms with Crippen LogP contribution >= 0.6 is 23.2 Å². The van der Waals surface area contributed by atoms with E-state index in [4.69, 9.17) is 27.9 Å². The summed E-state index contributed by atoms with van der Waals surface area (Å²) in [4.78, 5) is 26.8. The quantitative estimate of drug-likeness (QED) is 0.766. The van der Waals surface area contributed by atoms with Gasteiger partial charge in [0.05, 0.1) is 5.02 Å². The summed E-state index contributed by atoms with van der Waals surface area (Å²) in [6.45, 7) is 2.74. The number of nitrogens with zero attached hydrogens (tertiary/aromatic N) is 1. The van der Waals surface area contributed by atoms with E-state index >= 15 is 0 Å². The number of anilines is 1. The molecular weight excluding hydrogens is 399 g/mol. The normalized spacial score (nSPS) is 15.8. The lowest BCUT2D eigenvalue weighted by Crippen LogP contribution is -2.46. The summed E-state index contributed by atoms with van der Waals surface area (Å²) in [5.41, 5.74) is 0.785. The Morgan fingerprint density at radius 3 is 2.43 bits per heavy atom. The van der Waals surface area contributed by atoms with Gasteiger partial charge in [-0.2, -0.15) is 0 Å². The van der Waals surface area contributed by atoms with Gasteiger partial charge in [0, 0.05) is 29.7 Å². The van der Waals surface area contributed by atoms with Crippen molar-refractivity contribution in [2.45, 2.75) is 25.9 Å². The first-order chi connectivity index (χ1) is 13.4. The molecule has 7 heteroatoms. The molecule has 5 nitrogen and oxygen atoms in total. The number of piperidine rings is 1. The molecule has 148 valence electrons.